The third kappa shape index (κ3) is 2.99. The highest BCUT2D eigenvalue weighted by Crippen LogP contribution is 2.22. The Morgan fingerprint density at radius 2 is 2.18 bits per heavy atom. The quantitative estimate of drug-likeness (QED) is 0.822. The van der Waals surface area contributed by atoms with Crippen LogP contribution in [0.25, 0.3) is 0 Å². The number of thiophene rings is 1. The maximum absolute atomic E-state index is 12.1. The summed E-state index contributed by atoms with van der Waals surface area (Å²) in [6.07, 6.45) is 0.724. The minimum atomic E-state index is -0.567. The third-order valence-corrected chi connectivity index (χ3v) is 5.21. The monoisotopic (exact) mass is 322 g/mol. The van der Waals surface area contributed by atoms with Gasteiger partial charge in [0.2, 0.25) is 5.91 Å². The fourth-order valence-corrected chi connectivity index (χ4v) is 3.65. The van der Waals surface area contributed by atoms with E-state index in [1.807, 2.05) is 5.38 Å². The van der Waals surface area contributed by atoms with Crippen molar-refractivity contribution in [1.29, 1.82) is 0 Å². The number of rotatable bonds is 5. The van der Waals surface area contributed by atoms with Crippen LogP contribution < -0.4 is 0 Å². The number of likely N-dealkylation sites (tertiary alicyclic amines) is 1. The lowest BCUT2D eigenvalue weighted by Gasteiger charge is -2.40. The Morgan fingerprint density at radius 3 is 2.77 bits per heavy atom. The highest BCUT2D eigenvalue weighted by atomic mass is 32.1. The van der Waals surface area contributed by atoms with E-state index in [1.165, 1.54) is 10.4 Å². The second-order valence-electron chi connectivity index (χ2n) is 5.75. The first-order chi connectivity index (χ1) is 10.5. The van der Waals surface area contributed by atoms with Crippen molar-refractivity contribution in [3.8, 4) is 0 Å². The molecule has 2 aliphatic heterocycles. The van der Waals surface area contributed by atoms with Crippen LogP contribution in [-0.4, -0.2) is 53.9 Å². The molecule has 0 aromatic carbocycles. The molecular weight excluding hydrogens is 304 g/mol. The molecule has 2 aliphatic rings. The molecule has 0 aliphatic carbocycles. The molecule has 0 radical (unpaired) electrons. The molecule has 0 bridgehead atoms. The van der Waals surface area contributed by atoms with E-state index in [9.17, 15) is 14.4 Å². The van der Waals surface area contributed by atoms with E-state index in [-0.39, 0.29) is 24.3 Å². The molecule has 2 fully saturated rings. The molecule has 0 atom stereocenters. The number of imide groups is 1. The highest BCUT2D eigenvalue weighted by molar-refractivity contribution is 7.10. The Hall–Kier alpha value is -1.89. The zero-order valence-corrected chi connectivity index (χ0v) is 13.2. The summed E-state index contributed by atoms with van der Waals surface area (Å²) in [6, 6.07) is 2.07. The molecule has 1 aromatic heterocycles. The Labute approximate surface area is 132 Å². The fourth-order valence-electron chi connectivity index (χ4n) is 2.74. The van der Waals surface area contributed by atoms with Gasteiger partial charge in [-0.25, -0.2) is 9.69 Å². The number of amides is 3. The van der Waals surface area contributed by atoms with Gasteiger partial charge in [-0.05, 0) is 30.4 Å². The van der Waals surface area contributed by atoms with Crippen LogP contribution in [0.5, 0.6) is 0 Å². The summed E-state index contributed by atoms with van der Waals surface area (Å²) in [6.45, 7) is 3.47. The molecule has 1 aromatic rings. The van der Waals surface area contributed by atoms with E-state index in [2.05, 4.69) is 17.7 Å². The minimum Gasteiger partial charge on any atom is -0.439 e. The van der Waals surface area contributed by atoms with Crippen LogP contribution in [0.1, 0.15) is 16.9 Å². The number of aryl methyl sites for hydroxylation is 2. The summed E-state index contributed by atoms with van der Waals surface area (Å²) in [5.41, 5.74) is 1.24. The first kappa shape index (κ1) is 15.0. The largest absolute Gasteiger partial charge is 0.439 e. The molecule has 3 heterocycles. The van der Waals surface area contributed by atoms with E-state index < -0.39 is 6.09 Å². The van der Waals surface area contributed by atoms with E-state index in [0.717, 1.165) is 11.3 Å². The molecule has 2 saturated heterocycles. The highest BCUT2D eigenvalue weighted by Gasteiger charge is 2.38. The van der Waals surface area contributed by atoms with Crippen molar-refractivity contribution in [3.05, 3.63) is 21.9 Å². The van der Waals surface area contributed by atoms with Crippen molar-refractivity contribution < 1.29 is 19.1 Å². The van der Waals surface area contributed by atoms with Gasteiger partial charge in [0, 0.05) is 36.9 Å². The number of cyclic esters (lactones) is 1. The van der Waals surface area contributed by atoms with Gasteiger partial charge >= 0.3 is 6.09 Å². The average molecular weight is 322 g/mol. The van der Waals surface area contributed by atoms with Crippen LogP contribution in [0.15, 0.2) is 11.4 Å². The Kier molecular flexibility index (Phi) is 4.15. The van der Waals surface area contributed by atoms with Gasteiger partial charge in [0.05, 0.1) is 0 Å². The van der Waals surface area contributed by atoms with Gasteiger partial charge < -0.3 is 9.64 Å². The van der Waals surface area contributed by atoms with Crippen LogP contribution in [0.4, 0.5) is 4.79 Å². The summed E-state index contributed by atoms with van der Waals surface area (Å²) in [4.78, 5) is 39.1. The van der Waals surface area contributed by atoms with Crippen LogP contribution in [-0.2, 0) is 20.7 Å². The van der Waals surface area contributed by atoms with Gasteiger partial charge in [-0.15, -0.1) is 11.3 Å². The lowest BCUT2D eigenvalue weighted by atomic mass is 9.98. The predicted molar refractivity (Wildman–Crippen MR) is 80.5 cm³/mol. The second kappa shape index (κ2) is 6.08. The zero-order chi connectivity index (χ0) is 15.7. The lowest BCUT2D eigenvalue weighted by Crippen LogP contribution is -2.54. The standard InChI is InChI=1S/C15H18N2O4S/c1-10-4-5-22-12(10)2-3-13(18)16-6-11(7-16)8-17-14(19)9-21-15(17)20/h4-5,11H,2-3,6-9H2,1H3. The van der Waals surface area contributed by atoms with Gasteiger partial charge in [-0.2, -0.15) is 0 Å². The predicted octanol–water partition coefficient (Wildman–Crippen LogP) is 1.43. The number of nitrogens with zero attached hydrogens (tertiary/aromatic N) is 2. The number of carbonyl (C=O) groups excluding carboxylic acids is 3. The Bertz CT molecular complexity index is 590. The van der Waals surface area contributed by atoms with Crippen LogP contribution in [0.3, 0.4) is 0 Å². The molecule has 3 rings (SSSR count). The lowest BCUT2D eigenvalue weighted by molar-refractivity contribution is -0.138. The number of ether oxygens (including phenoxy) is 1. The van der Waals surface area contributed by atoms with Crippen LogP contribution in [0, 0.1) is 12.8 Å². The molecule has 0 N–H and O–H groups in total. The number of carbonyl (C=O) groups is 3. The molecular formula is C15H18N2O4S. The number of hydrogen-bond donors (Lipinski definition) is 0. The first-order valence-corrected chi connectivity index (χ1v) is 8.20. The van der Waals surface area contributed by atoms with Crippen molar-refractivity contribution in [1.82, 2.24) is 9.80 Å². The summed E-state index contributed by atoms with van der Waals surface area (Å²) in [5.74, 6) is 0.0179. The van der Waals surface area contributed by atoms with Crippen molar-refractivity contribution in [2.24, 2.45) is 5.92 Å². The third-order valence-electron chi connectivity index (χ3n) is 4.13. The molecule has 6 nitrogen and oxygen atoms in total. The summed E-state index contributed by atoms with van der Waals surface area (Å²) in [5, 5.41) is 2.04. The second-order valence-corrected chi connectivity index (χ2v) is 6.75. The Balaban J connectivity index is 1.41. The van der Waals surface area contributed by atoms with Crippen molar-refractivity contribution in [2.75, 3.05) is 26.2 Å². The molecule has 0 saturated carbocycles. The molecule has 118 valence electrons. The topological polar surface area (TPSA) is 66.9 Å². The maximum Gasteiger partial charge on any atom is 0.417 e. The molecule has 22 heavy (non-hydrogen) atoms. The SMILES string of the molecule is Cc1ccsc1CCC(=O)N1CC(CN2C(=O)COC2=O)C1. The van der Waals surface area contributed by atoms with Gasteiger partial charge in [0.25, 0.3) is 5.91 Å². The zero-order valence-electron chi connectivity index (χ0n) is 12.4. The van der Waals surface area contributed by atoms with Crippen LogP contribution in [0.2, 0.25) is 0 Å². The van der Waals surface area contributed by atoms with Gasteiger partial charge in [-0.3, -0.25) is 9.59 Å². The Morgan fingerprint density at radius 1 is 1.41 bits per heavy atom. The van der Waals surface area contributed by atoms with Gasteiger partial charge in [-0.1, -0.05) is 0 Å². The average Bonchev–Trinajstić information content (AvgIpc) is 2.98. The molecule has 3 amide bonds. The van der Waals surface area contributed by atoms with Crippen molar-refractivity contribution >= 4 is 29.2 Å². The summed E-state index contributed by atoms with van der Waals surface area (Å²) < 4.78 is 4.67. The fraction of sp³-hybridized carbons (Fsp3) is 0.533. The van der Waals surface area contributed by atoms with Gasteiger partial charge in [0.1, 0.15) is 0 Å². The van der Waals surface area contributed by atoms with Crippen molar-refractivity contribution in [2.45, 2.75) is 19.8 Å². The van der Waals surface area contributed by atoms with Crippen LogP contribution >= 0.6 is 11.3 Å². The maximum atomic E-state index is 12.1. The molecule has 7 heteroatoms. The molecule has 0 spiro atoms. The van der Waals surface area contributed by atoms with E-state index in [0.29, 0.717) is 26.1 Å². The minimum absolute atomic E-state index is 0.138. The smallest absolute Gasteiger partial charge is 0.417 e. The summed E-state index contributed by atoms with van der Waals surface area (Å²) >= 11 is 1.68. The first-order valence-electron chi connectivity index (χ1n) is 7.32. The number of hydrogen-bond acceptors (Lipinski definition) is 5. The van der Waals surface area contributed by atoms with E-state index >= 15 is 0 Å². The summed E-state index contributed by atoms with van der Waals surface area (Å²) in [7, 11) is 0. The van der Waals surface area contributed by atoms with Crippen molar-refractivity contribution in [3.63, 3.8) is 0 Å². The molecule has 0 unspecified atom stereocenters. The van der Waals surface area contributed by atoms with E-state index in [4.69, 9.17) is 0 Å². The normalized spacial score (nSPS) is 18.6. The van der Waals surface area contributed by atoms with Gasteiger partial charge in [0.15, 0.2) is 6.61 Å². The van der Waals surface area contributed by atoms with E-state index in [1.54, 1.807) is 16.2 Å².